The van der Waals surface area contributed by atoms with Gasteiger partial charge in [-0.05, 0) is 24.3 Å². The Balaban J connectivity index is 2.64. The minimum absolute atomic E-state index is 0.358. The minimum atomic E-state index is 0.358. The maximum absolute atomic E-state index is 5.21. The first-order valence-corrected chi connectivity index (χ1v) is 3.21. The molecule has 10 heavy (non-hydrogen) atoms. The third-order valence-electron chi connectivity index (χ3n) is 0.955. The highest BCUT2D eigenvalue weighted by Crippen LogP contribution is 2.01. The van der Waals surface area contributed by atoms with Crippen molar-refractivity contribution in [3.05, 3.63) is 30.2 Å². The van der Waals surface area contributed by atoms with E-state index in [1.165, 1.54) is 0 Å². The number of hydrogen-bond donors (Lipinski definition) is 1. The zero-order valence-electron chi connectivity index (χ0n) is 5.28. The maximum atomic E-state index is 5.21. The quantitative estimate of drug-likeness (QED) is 0.518. The van der Waals surface area contributed by atoms with Gasteiger partial charge in [0.25, 0.3) is 0 Å². The van der Waals surface area contributed by atoms with Crippen LogP contribution in [0.4, 0.5) is 0 Å². The molecule has 0 saturated carbocycles. The molecule has 0 spiro atoms. The topological polar surface area (TPSA) is 39.2 Å². The van der Waals surface area contributed by atoms with Crippen molar-refractivity contribution >= 4 is 23.3 Å². The monoisotopic (exact) mass is 153 g/mol. The second-order valence-corrected chi connectivity index (χ2v) is 2.22. The van der Waals surface area contributed by atoms with E-state index < -0.39 is 0 Å². The molecule has 0 unspecified atom stereocenters. The molecule has 0 aliphatic rings. The van der Waals surface area contributed by atoms with Gasteiger partial charge in [-0.3, -0.25) is 0 Å². The van der Waals surface area contributed by atoms with Crippen LogP contribution in [0.3, 0.4) is 0 Å². The third-order valence-corrected chi connectivity index (χ3v) is 1.09. The van der Waals surface area contributed by atoms with E-state index in [1.807, 2.05) is 6.07 Å². The van der Waals surface area contributed by atoms with Gasteiger partial charge in [-0.25, -0.2) is 0 Å². The van der Waals surface area contributed by atoms with Crippen LogP contribution in [0.25, 0.3) is 6.08 Å². The van der Waals surface area contributed by atoms with Crippen LogP contribution in [0.1, 0.15) is 5.76 Å². The summed E-state index contributed by atoms with van der Waals surface area (Å²) in [5.41, 5.74) is 5.21. The molecule has 2 nitrogen and oxygen atoms in total. The van der Waals surface area contributed by atoms with Gasteiger partial charge in [-0.2, -0.15) is 0 Å². The standard InChI is InChI=1S/C7H7NOS/c8-7(10)4-3-6-2-1-5-9-6/h1-5H,(H2,8,10). The van der Waals surface area contributed by atoms with Crippen LogP contribution in [0.2, 0.25) is 0 Å². The van der Waals surface area contributed by atoms with Crippen molar-refractivity contribution in [1.82, 2.24) is 0 Å². The average molecular weight is 153 g/mol. The molecule has 0 aliphatic heterocycles. The van der Waals surface area contributed by atoms with Crippen molar-refractivity contribution in [3.63, 3.8) is 0 Å². The average Bonchev–Trinajstić information content (AvgIpc) is 2.34. The van der Waals surface area contributed by atoms with E-state index in [1.54, 1.807) is 24.5 Å². The first-order chi connectivity index (χ1) is 4.79. The van der Waals surface area contributed by atoms with Gasteiger partial charge >= 0.3 is 0 Å². The van der Waals surface area contributed by atoms with Crippen LogP contribution in [0, 0.1) is 0 Å². The fourth-order valence-electron chi connectivity index (χ4n) is 0.550. The van der Waals surface area contributed by atoms with Crippen LogP contribution in [0.15, 0.2) is 28.9 Å². The van der Waals surface area contributed by atoms with E-state index in [4.69, 9.17) is 10.2 Å². The van der Waals surface area contributed by atoms with Crippen LogP contribution >= 0.6 is 12.2 Å². The van der Waals surface area contributed by atoms with Gasteiger partial charge in [0.2, 0.25) is 0 Å². The second-order valence-electron chi connectivity index (χ2n) is 1.75. The van der Waals surface area contributed by atoms with Gasteiger partial charge in [0.15, 0.2) is 0 Å². The molecule has 0 fully saturated rings. The van der Waals surface area contributed by atoms with Gasteiger partial charge in [0.05, 0.1) is 11.3 Å². The molecular weight excluding hydrogens is 146 g/mol. The van der Waals surface area contributed by atoms with E-state index >= 15 is 0 Å². The lowest BCUT2D eigenvalue weighted by molar-refractivity contribution is 0.557. The molecule has 1 aromatic heterocycles. The molecule has 3 heteroatoms. The maximum Gasteiger partial charge on any atom is 0.126 e. The van der Waals surface area contributed by atoms with Gasteiger partial charge in [0, 0.05) is 0 Å². The SMILES string of the molecule is NC(=S)C=Cc1ccco1. The summed E-state index contributed by atoms with van der Waals surface area (Å²) in [7, 11) is 0. The van der Waals surface area contributed by atoms with Crippen molar-refractivity contribution < 1.29 is 4.42 Å². The summed E-state index contributed by atoms with van der Waals surface area (Å²) in [5.74, 6) is 0.757. The molecule has 1 rings (SSSR count). The molecule has 0 aromatic carbocycles. The number of rotatable bonds is 2. The molecule has 52 valence electrons. The Labute approximate surface area is 64.3 Å². The summed E-state index contributed by atoms with van der Waals surface area (Å²) in [4.78, 5) is 0.358. The highest BCUT2D eigenvalue weighted by Gasteiger charge is 1.85. The van der Waals surface area contributed by atoms with Crippen molar-refractivity contribution in [2.24, 2.45) is 5.73 Å². The molecule has 1 heterocycles. The Bertz CT molecular complexity index is 238. The van der Waals surface area contributed by atoms with Gasteiger partial charge in [0.1, 0.15) is 5.76 Å². The molecule has 0 radical (unpaired) electrons. The Morgan fingerprint density at radius 2 is 2.50 bits per heavy atom. The number of hydrogen-bond acceptors (Lipinski definition) is 2. The summed E-state index contributed by atoms with van der Waals surface area (Å²) < 4.78 is 4.98. The minimum Gasteiger partial charge on any atom is -0.465 e. The Hall–Kier alpha value is -1.09. The van der Waals surface area contributed by atoms with Crippen LogP contribution in [0.5, 0.6) is 0 Å². The molecular formula is C7H7NOS. The molecule has 0 bridgehead atoms. The molecule has 0 atom stereocenters. The normalized spacial score (nSPS) is 10.4. The molecule has 0 amide bonds. The van der Waals surface area contributed by atoms with E-state index in [-0.39, 0.29) is 0 Å². The number of nitrogens with two attached hydrogens (primary N) is 1. The van der Waals surface area contributed by atoms with E-state index in [0.717, 1.165) is 5.76 Å². The lowest BCUT2D eigenvalue weighted by atomic mass is 10.4. The van der Waals surface area contributed by atoms with Crippen molar-refractivity contribution in [2.75, 3.05) is 0 Å². The molecule has 0 aliphatic carbocycles. The van der Waals surface area contributed by atoms with Gasteiger partial charge < -0.3 is 10.2 Å². The third kappa shape index (κ3) is 2.03. The van der Waals surface area contributed by atoms with Crippen molar-refractivity contribution in [3.8, 4) is 0 Å². The Kier molecular flexibility index (Phi) is 2.23. The van der Waals surface area contributed by atoms with Crippen LogP contribution in [-0.4, -0.2) is 4.99 Å². The summed E-state index contributed by atoms with van der Waals surface area (Å²) in [6.45, 7) is 0. The smallest absolute Gasteiger partial charge is 0.126 e. The predicted molar refractivity (Wildman–Crippen MR) is 44.5 cm³/mol. The van der Waals surface area contributed by atoms with Crippen molar-refractivity contribution in [1.29, 1.82) is 0 Å². The Morgan fingerprint density at radius 1 is 1.70 bits per heavy atom. The first kappa shape index (κ1) is 7.02. The summed E-state index contributed by atoms with van der Waals surface area (Å²) >= 11 is 4.62. The second kappa shape index (κ2) is 3.17. The highest BCUT2D eigenvalue weighted by atomic mass is 32.1. The van der Waals surface area contributed by atoms with E-state index in [9.17, 15) is 0 Å². The molecule has 0 saturated heterocycles. The van der Waals surface area contributed by atoms with Gasteiger partial charge in [-0.1, -0.05) is 12.2 Å². The first-order valence-electron chi connectivity index (χ1n) is 2.80. The van der Waals surface area contributed by atoms with Gasteiger partial charge in [-0.15, -0.1) is 0 Å². The molecule has 1 aromatic rings. The van der Waals surface area contributed by atoms with E-state index in [2.05, 4.69) is 12.2 Å². The van der Waals surface area contributed by atoms with Crippen LogP contribution < -0.4 is 5.73 Å². The Morgan fingerprint density at radius 3 is 3.00 bits per heavy atom. The fraction of sp³-hybridized carbons (Fsp3) is 0. The number of thiocarbonyl (C=S) groups is 1. The summed E-state index contributed by atoms with van der Waals surface area (Å²) in [6.07, 6.45) is 4.94. The van der Waals surface area contributed by atoms with Crippen molar-refractivity contribution in [2.45, 2.75) is 0 Å². The fourth-order valence-corrected chi connectivity index (χ4v) is 0.618. The summed E-state index contributed by atoms with van der Waals surface area (Å²) in [5, 5.41) is 0. The summed E-state index contributed by atoms with van der Waals surface area (Å²) in [6, 6.07) is 3.63. The number of furan rings is 1. The van der Waals surface area contributed by atoms with Crippen LogP contribution in [-0.2, 0) is 0 Å². The highest BCUT2D eigenvalue weighted by molar-refractivity contribution is 7.80. The van der Waals surface area contributed by atoms with E-state index in [0.29, 0.717) is 4.99 Å². The lowest BCUT2D eigenvalue weighted by Gasteiger charge is -1.82. The largest absolute Gasteiger partial charge is 0.465 e. The zero-order chi connectivity index (χ0) is 7.40. The predicted octanol–water partition coefficient (Wildman–Crippen LogP) is 1.58. The molecule has 2 N–H and O–H groups in total. The zero-order valence-corrected chi connectivity index (χ0v) is 6.10. The lowest BCUT2D eigenvalue weighted by Crippen LogP contribution is -2.01.